The monoisotopic (exact) mass is 375 g/mol. The minimum atomic E-state index is -0.193. The molecule has 4 aliphatic rings. The molecule has 3 unspecified atom stereocenters. The highest BCUT2D eigenvalue weighted by molar-refractivity contribution is 6.16. The number of rotatable bonds is 2. The zero-order chi connectivity index (χ0) is 18.9. The summed E-state index contributed by atoms with van der Waals surface area (Å²) < 4.78 is 0. The summed E-state index contributed by atoms with van der Waals surface area (Å²) >= 11 is 0. The molecule has 1 aliphatic carbocycles. The number of guanidine groups is 1. The smallest absolute Gasteiger partial charge is 0.234 e. The molecule has 144 valence electrons. The molecule has 3 N–H and O–H groups in total. The number of amides is 1. The van der Waals surface area contributed by atoms with Gasteiger partial charge >= 0.3 is 0 Å². The normalized spacial score (nSPS) is 28.3. The van der Waals surface area contributed by atoms with Gasteiger partial charge in [-0.15, -0.1) is 0 Å². The van der Waals surface area contributed by atoms with Crippen molar-refractivity contribution in [1.29, 1.82) is 0 Å². The van der Waals surface area contributed by atoms with Gasteiger partial charge in [-0.25, -0.2) is 9.98 Å². The molecule has 1 aromatic rings. The Morgan fingerprint density at radius 2 is 2.14 bits per heavy atom. The number of benzene rings is 1. The van der Waals surface area contributed by atoms with Crippen molar-refractivity contribution in [1.82, 2.24) is 10.6 Å². The number of carbonyl (C=O) groups is 1. The van der Waals surface area contributed by atoms with E-state index in [0.717, 1.165) is 48.6 Å². The first-order valence-corrected chi connectivity index (χ1v) is 10.2. The van der Waals surface area contributed by atoms with Gasteiger partial charge in [-0.1, -0.05) is 30.4 Å². The third-order valence-electron chi connectivity index (χ3n) is 6.09. The molecule has 1 saturated heterocycles. The maximum absolute atomic E-state index is 13.2. The molecule has 0 saturated carbocycles. The van der Waals surface area contributed by atoms with E-state index in [9.17, 15) is 4.79 Å². The molecule has 6 nitrogen and oxygen atoms in total. The van der Waals surface area contributed by atoms with E-state index in [-0.39, 0.29) is 11.8 Å². The van der Waals surface area contributed by atoms with Gasteiger partial charge in [0, 0.05) is 18.2 Å². The highest BCUT2D eigenvalue weighted by Crippen LogP contribution is 2.37. The van der Waals surface area contributed by atoms with Crippen molar-refractivity contribution in [2.24, 2.45) is 15.9 Å². The quantitative estimate of drug-likeness (QED) is 0.744. The molecule has 0 bridgehead atoms. The van der Waals surface area contributed by atoms with E-state index in [1.54, 1.807) is 0 Å². The Bertz CT molecular complexity index is 907. The number of carbonyl (C=O) groups excluding carboxylic acids is 1. The maximum Gasteiger partial charge on any atom is 0.234 e. The van der Waals surface area contributed by atoms with Crippen LogP contribution in [0.5, 0.6) is 0 Å². The molecule has 1 fully saturated rings. The molecular formula is C22H25N5O. The van der Waals surface area contributed by atoms with Gasteiger partial charge in [-0.05, 0) is 56.0 Å². The Morgan fingerprint density at radius 1 is 1.21 bits per heavy atom. The number of para-hydroxylation sites is 1. The summed E-state index contributed by atoms with van der Waals surface area (Å²) in [6.07, 6.45) is 9.92. The Balaban J connectivity index is 1.37. The van der Waals surface area contributed by atoms with Crippen molar-refractivity contribution >= 4 is 23.3 Å². The van der Waals surface area contributed by atoms with Crippen LogP contribution in [0.4, 0.5) is 5.69 Å². The van der Waals surface area contributed by atoms with Crippen molar-refractivity contribution in [2.45, 2.75) is 37.6 Å². The summed E-state index contributed by atoms with van der Waals surface area (Å²) in [5.74, 6) is 0.752. The summed E-state index contributed by atoms with van der Waals surface area (Å²) in [7, 11) is 0. The maximum atomic E-state index is 13.2. The van der Waals surface area contributed by atoms with Gasteiger partial charge in [-0.3, -0.25) is 10.1 Å². The van der Waals surface area contributed by atoms with E-state index in [4.69, 9.17) is 0 Å². The van der Waals surface area contributed by atoms with E-state index in [1.165, 1.54) is 12.8 Å². The van der Waals surface area contributed by atoms with Crippen LogP contribution >= 0.6 is 0 Å². The second-order valence-electron chi connectivity index (χ2n) is 7.90. The zero-order valence-electron chi connectivity index (χ0n) is 15.8. The minimum Gasteiger partial charge on any atom is -0.382 e. The fraction of sp³-hybridized carbons (Fsp3) is 0.409. The van der Waals surface area contributed by atoms with Crippen LogP contribution in [-0.2, 0) is 4.79 Å². The number of anilines is 1. The number of fused-ring (bicyclic) bond motifs is 2. The number of aliphatic imine (C=N–C) groups is 2. The van der Waals surface area contributed by atoms with Crippen molar-refractivity contribution in [3.63, 3.8) is 0 Å². The first kappa shape index (κ1) is 17.4. The van der Waals surface area contributed by atoms with Crippen LogP contribution in [0.2, 0.25) is 0 Å². The molecule has 28 heavy (non-hydrogen) atoms. The zero-order valence-corrected chi connectivity index (χ0v) is 15.8. The highest BCUT2D eigenvalue weighted by atomic mass is 16.2. The van der Waals surface area contributed by atoms with Crippen LogP contribution in [0.1, 0.15) is 37.2 Å². The molecular weight excluding hydrogens is 350 g/mol. The molecule has 3 aliphatic heterocycles. The van der Waals surface area contributed by atoms with Crippen LogP contribution in [-0.4, -0.2) is 36.7 Å². The van der Waals surface area contributed by atoms with Crippen LogP contribution in [0.15, 0.2) is 58.2 Å². The Morgan fingerprint density at radius 3 is 3.00 bits per heavy atom. The first-order valence-electron chi connectivity index (χ1n) is 10.2. The fourth-order valence-electron chi connectivity index (χ4n) is 4.62. The highest BCUT2D eigenvalue weighted by Gasteiger charge is 2.36. The molecule has 6 heteroatoms. The van der Waals surface area contributed by atoms with Crippen molar-refractivity contribution in [3.05, 3.63) is 53.8 Å². The topological polar surface area (TPSA) is 77.9 Å². The summed E-state index contributed by atoms with van der Waals surface area (Å²) in [5.41, 5.74) is 3.92. The van der Waals surface area contributed by atoms with E-state index < -0.39 is 0 Å². The van der Waals surface area contributed by atoms with Crippen LogP contribution in [0, 0.1) is 5.92 Å². The lowest BCUT2D eigenvalue weighted by Gasteiger charge is -2.38. The molecule has 0 spiro atoms. The van der Waals surface area contributed by atoms with Crippen LogP contribution in [0.25, 0.3) is 0 Å². The predicted octanol–water partition coefficient (Wildman–Crippen LogP) is 2.72. The summed E-state index contributed by atoms with van der Waals surface area (Å²) in [5, 5.41) is 10.2. The van der Waals surface area contributed by atoms with Crippen molar-refractivity contribution in [2.75, 3.05) is 18.4 Å². The SMILES string of the molecule is O=C(NC1=NC2=CC=CCC2=N1)C1CC(C2CCCNC2)Nc2ccccc21. The van der Waals surface area contributed by atoms with Gasteiger partial charge < -0.3 is 10.6 Å². The van der Waals surface area contributed by atoms with Gasteiger partial charge in [0.2, 0.25) is 11.9 Å². The van der Waals surface area contributed by atoms with Crippen molar-refractivity contribution in [3.8, 4) is 0 Å². The average molecular weight is 375 g/mol. The minimum absolute atomic E-state index is 0.0157. The first-order chi connectivity index (χ1) is 13.8. The summed E-state index contributed by atoms with van der Waals surface area (Å²) in [6, 6.07) is 8.46. The van der Waals surface area contributed by atoms with E-state index in [2.05, 4.69) is 44.1 Å². The molecule has 0 aromatic heterocycles. The number of hydrogen-bond donors (Lipinski definition) is 3. The Hall–Kier alpha value is -2.73. The molecule has 3 heterocycles. The van der Waals surface area contributed by atoms with Gasteiger partial charge in [0.05, 0.1) is 17.3 Å². The largest absolute Gasteiger partial charge is 0.382 e. The lowest BCUT2D eigenvalue weighted by molar-refractivity contribution is -0.121. The standard InChI is InChI=1S/C22H25N5O/c28-21(27-22-25-18-9-3-4-10-19(18)26-22)16-12-20(14-6-5-11-23-13-14)24-17-8-2-1-7-15(16)17/h1-4,7-9,14,16,20,23-24H,5-6,10-13H2,(H,25,27,28). The van der Waals surface area contributed by atoms with E-state index >= 15 is 0 Å². The van der Waals surface area contributed by atoms with Gasteiger partial charge in [0.1, 0.15) is 0 Å². The van der Waals surface area contributed by atoms with Gasteiger partial charge in [0.15, 0.2) is 0 Å². The summed E-state index contributed by atoms with van der Waals surface area (Å²) in [6.45, 7) is 2.10. The number of nitrogens with zero attached hydrogens (tertiary/aromatic N) is 2. The van der Waals surface area contributed by atoms with Gasteiger partial charge in [0.25, 0.3) is 0 Å². The predicted molar refractivity (Wildman–Crippen MR) is 112 cm³/mol. The number of nitrogens with one attached hydrogen (secondary N) is 3. The lowest BCUT2D eigenvalue weighted by Crippen LogP contribution is -2.45. The summed E-state index contributed by atoms with van der Waals surface area (Å²) in [4.78, 5) is 22.2. The van der Waals surface area contributed by atoms with Crippen LogP contribution in [0.3, 0.4) is 0 Å². The number of allylic oxidation sites excluding steroid dienone is 4. The number of hydrogen-bond acceptors (Lipinski definition) is 5. The molecule has 1 amide bonds. The lowest BCUT2D eigenvalue weighted by atomic mass is 9.79. The second-order valence-corrected chi connectivity index (χ2v) is 7.90. The molecule has 0 radical (unpaired) electrons. The molecule has 5 rings (SSSR count). The molecule has 3 atom stereocenters. The Labute approximate surface area is 164 Å². The van der Waals surface area contributed by atoms with Crippen LogP contribution < -0.4 is 16.0 Å². The average Bonchev–Trinajstić information content (AvgIpc) is 3.15. The number of piperidine rings is 1. The second kappa shape index (κ2) is 7.36. The van der Waals surface area contributed by atoms with E-state index in [0.29, 0.717) is 17.9 Å². The molecule has 1 aromatic carbocycles. The third-order valence-corrected chi connectivity index (χ3v) is 6.09. The van der Waals surface area contributed by atoms with Gasteiger partial charge in [-0.2, -0.15) is 0 Å². The fourth-order valence-corrected chi connectivity index (χ4v) is 4.62. The Kier molecular flexibility index (Phi) is 4.56. The third kappa shape index (κ3) is 3.29. The van der Waals surface area contributed by atoms with Crippen molar-refractivity contribution < 1.29 is 4.79 Å². The van der Waals surface area contributed by atoms with E-state index in [1.807, 2.05) is 24.3 Å².